The second-order valence-electron chi connectivity index (χ2n) is 5.58. The molecule has 6 heteroatoms. The maximum atomic E-state index is 12.1. The Morgan fingerprint density at radius 2 is 2.11 bits per heavy atom. The molecule has 0 saturated heterocycles. The van der Waals surface area contributed by atoms with E-state index >= 15 is 0 Å². The third-order valence-corrected chi connectivity index (χ3v) is 2.82. The van der Waals surface area contributed by atoms with Gasteiger partial charge in [-0.2, -0.15) is 4.98 Å². The van der Waals surface area contributed by atoms with Gasteiger partial charge in [0.15, 0.2) is 5.82 Å². The molecule has 0 radical (unpaired) electrons. The van der Waals surface area contributed by atoms with Gasteiger partial charge in [-0.15, -0.1) is 0 Å². The first kappa shape index (κ1) is 14.6. The summed E-state index contributed by atoms with van der Waals surface area (Å²) >= 11 is 0. The summed E-state index contributed by atoms with van der Waals surface area (Å²) in [7, 11) is 1.74. The molecule has 1 rings (SSSR count). The maximum Gasteiger partial charge on any atom is 0.239 e. The van der Waals surface area contributed by atoms with E-state index in [1.807, 2.05) is 20.8 Å². The largest absolute Gasteiger partial charge is 0.344 e. The van der Waals surface area contributed by atoms with Crippen LogP contribution in [0, 0.1) is 12.3 Å². The summed E-state index contributed by atoms with van der Waals surface area (Å²) < 4.78 is 4.87. The topological polar surface area (TPSA) is 85.2 Å². The summed E-state index contributed by atoms with van der Waals surface area (Å²) in [5.74, 6) is 1.07. The van der Waals surface area contributed by atoms with Crippen LogP contribution in [0.5, 0.6) is 0 Å². The lowest BCUT2D eigenvalue weighted by atomic mass is 9.86. The van der Waals surface area contributed by atoms with Gasteiger partial charge in [0.05, 0.1) is 6.04 Å². The Balaban J connectivity index is 2.50. The molecule has 1 aromatic rings. The second kappa shape index (κ2) is 5.48. The van der Waals surface area contributed by atoms with Gasteiger partial charge < -0.3 is 15.2 Å². The zero-order chi connectivity index (χ0) is 13.9. The second-order valence-corrected chi connectivity index (χ2v) is 5.58. The van der Waals surface area contributed by atoms with Crippen LogP contribution in [0.25, 0.3) is 0 Å². The summed E-state index contributed by atoms with van der Waals surface area (Å²) in [6.07, 6.45) is 0.566. The molecular formula is C12H22N4O2. The average molecular weight is 254 g/mol. The van der Waals surface area contributed by atoms with Gasteiger partial charge in [-0.25, -0.2) is 0 Å². The van der Waals surface area contributed by atoms with Crippen molar-refractivity contribution in [1.82, 2.24) is 15.0 Å². The summed E-state index contributed by atoms with van der Waals surface area (Å²) in [6.45, 7) is 8.12. The van der Waals surface area contributed by atoms with Crippen molar-refractivity contribution in [2.75, 3.05) is 13.6 Å². The Bertz CT molecular complexity index is 408. The van der Waals surface area contributed by atoms with Crippen molar-refractivity contribution in [2.45, 2.75) is 40.2 Å². The minimum Gasteiger partial charge on any atom is -0.344 e. The van der Waals surface area contributed by atoms with E-state index in [0.717, 1.165) is 0 Å². The fourth-order valence-electron chi connectivity index (χ4n) is 1.43. The molecule has 1 atom stereocenters. The fraction of sp³-hybridized carbons (Fsp3) is 0.750. The van der Waals surface area contributed by atoms with E-state index in [-0.39, 0.29) is 11.3 Å². The van der Waals surface area contributed by atoms with E-state index in [4.69, 9.17) is 10.3 Å². The molecule has 102 valence electrons. The van der Waals surface area contributed by atoms with Crippen molar-refractivity contribution in [3.8, 4) is 0 Å². The molecule has 0 spiro atoms. The van der Waals surface area contributed by atoms with Crippen LogP contribution in [-0.4, -0.2) is 40.6 Å². The van der Waals surface area contributed by atoms with E-state index in [1.165, 1.54) is 0 Å². The number of aryl methyl sites for hydroxylation is 1. The van der Waals surface area contributed by atoms with E-state index in [1.54, 1.807) is 18.9 Å². The number of rotatable bonds is 4. The summed E-state index contributed by atoms with van der Waals surface area (Å²) in [5.41, 5.74) is 5.69. The molecule has 6 nitrogen and oxygen atoms in total. The van der Waals surface area contributed by atoms with Gasteiger partial charge in [0, 0.05) is 26.9 Å². The first-order valence-corrected chi connectivity index (χ1v) is 6.01. The van der Waals surface area contributed by atoms with Gasteiger partial charge in [0.25, 0.3) is 0 Å². The SMILES string of the molecule is Cc1nc(CCN(C)C(=O)[C@@H](N)C(C)(C)C)no1. The van der Waals surface area contributed by atoms with Crippen molar-refractivity contribution >= 4 is 5.91 Å². The Kier molecular flexibility index (Phi) is 4.45. The molecule has 1 amide bonds. The molecule has 18 heavy (non-hydrogen) atoms. The van der Waals surface area contributed by atoms with Crippen molar-refractivity contribution in [3.05, 3.63) is 11.7 Å². The Morgan fingerprint density at radius 3 is 2.56 bits per heavy atom. The minimum absolute atomic E-state index is 0.0669. The third-order valence-electron chi connectivity index (χ3n) is 2.82. The summed E-state index contributed by atoms with van der Waals surface area (Å²) in [4.78, 5) is 17.8. The Morgan fingerprint density at radius 1 is 1.50 bits per heavy atom. The third kappa shape index (κ3) is 3.80. The number of nitrogens with zero attached hydrogens (tertiary/aromatic N) is 3. The number of likely N-dealkylation sites (N-methyl/N-ethyl adjacent to an activating group) is 1. The molecule has 0 aliphatic rings. The molecular weight excluding hydrogens is 232 g/mol. The van der Waals surface area contributed by atoms with Crippen molar-refractivity contribution < 1.29 is 9.32 Å². The highest BCUT2D eigenvalue weighted by Gasteiger charge is 2.29. The number of nitrogens with two attached hydrogens (primary N) is 1. The fourth-order valence-corrected chi connectivity index (χ4v) is 1.43. The van der Waals surface area contributed by atoms with Crippen LogP contribution in [0.4, 0.5) is 0 Å². The standard InChI is InChI=1S/C12H22N4O2/c1-8-14-9(15-18-8)6-7-16(5)11(17)10(13)12(2,3)4/h10H,6-7,13H2,1-5H3/t10-/m1/s1. The lowest BCUT2D eigenvalue weighted by Gasteiger charge is -2.29. The quantitative estimate of drug-likeness (QED) is 0.857. The average Bonchev–Trinajstić information content (AvgIpc) is 2.68. The molecule has 0 aliphatic heterocycles. The number of aromatic nitrogens is 2. The molecule has 1 heterocycles. The van der Waals surface area contributed by atoms with Crippen molar-refractivity contribution in [1.29, 1.82) is 0 Å². The van der Waals surface area contributed by atoms with Crippen LogP contribution >= 0.6 is 0 Å². The maximum absolute atomic E-state index is 12.1. The van der Waals surface area contributed by atoms with Crippen LogP contribution in [0.2, 0.25) is 0 Å². The molecule has 2 N–H and O–H groups in total. The van der Waals surface area contributed by atoms with Gasteiger partial charge in [-0.05, 0) is 5.41 Å². The zero-order valence-electron chi connectivity index (χ0n) is 11.7. The van der Waals surface area contributed by atoms with E-state index in [2.05, 4.69) is 10.1 Å². The molecule has 0 unspecified atom stereocenters. The first-order valence-electron chi connectivity index (χ1n) is 6.01. The Labute approximate surface area is 108 Å². The normalized spacial score (nSPS) is 13.4. The lowest BCUT2D eigenvalue weighted by molar-refractivity contribution is -0.133. The van der Waals surface area contributed by atoms with Crippen molar-refractivity contribution in [3.63, 3.8) is 0 Å². The highest BCUT2D eigenvalue weighted by Crippen LogP contribution is 2.18. The van der Waals surface area contributed by atoms with Crippen molar-refractivity contribution in [2.24, 2.45) is 11.1 Å². The summed E-state index contributed by atoms with van der Waals surface area (Å²) in [5, 5.41) is 3.79. The lowest BCUT2D eigenvalue weighted by Crippen LogP contribution is -2.49. The highest BCUT2D eigenvalue weighted by molar-refractivity contribution is 5.82. The molecule has 0 bridgehead atoms. The number of hydrogen-bond donors (Lipinski definition) is 1. The predicted octanol–water partition coefficient (Wildman–Crippen LogP) is 0.752. The van der Waals surface area contributed by atoms with E-state index < -0.39 is 6.04 Å². The van der Waals surface area contributed by atoms with Gasteiger partial charge in [0.2, 0.25) is 11.8 Å². The van der Waals surface area contributed by atoms with Crippen LogP contribution in [0.15, 0.2) is 4.52 Å². The van der Waals surface area contributed by atoms with E-state index in [9.17, 15) is 4.79 Å². The first-order chi connectivity index (χ1) is 8.21. The van der Waals surface area contributed by atoms with Gasteiger partial charge in [-0.1, -0.05) is 25.9 Å². The Hall–Kier alpha value is -1.43. The monoisotopic (exact) mass is 254 g/mol. The summed E-state index contributed by atoms with van der Waals surface area (Å²) in [6, 6.07) is -0.505. The molecule has 0 aromatic carbocycles. The number of amides is 1. The van der Waals surface area contributed by atoms with E-state index in [0.29, 0.717) is 24.7 Å². The number of carbonyl (C=O) groups is 1. The molecule has 0 saturated carbocycles. The molecule has 0 aliphatic carbocycles. The number of hydrogen-bond acceptors (Lipinski definition) is 5. The van der Waals surface area contributed by atoms with Gasteiger partial charge in [0.1, 0.15) is 0 Å². The van der Waals surface area contributed by atoms with Crippen LogP contribution in [0.1, 0.15) is 32.5 Å². The zero-order valence-corrected chi connectivity index (χ0v) is 11.7. The minimum atomic E-state index is -0.505. The number of carbonyl (C=O) groups excluding carboxylic acids is 1. The van der Waals surface area contributed by atoms with Gasteiger partial charge >= 0.3 is 0 Å². The van der Waals surface area contributed by atoms with Gasteiger partial charge in [-0.3, -0.25) is 4.79 Å². The highest BCUT2D eigenvalue weighted by atomic mass is 16.5. The smallest absolute Gasteiger partial charge is 0.239 e. The van der Waals surface area contributed by atoms with Crippen LogP contribution in [-0.2, 0) is 11.2 Å². The van der Waals surface area contributed by atoms with Crippen LogP contribution < -0.4 is 5.73 Å². The molecule has 1 aromatic heterocycles. The molecule has 0 fully saturated rings. The van der Waals surface area contributed by atoms with Crippen LogP contribution in [0.3, 0.4) is 0 Å². The predicted molar refractivity (Wildman–Crippen MR) is 67.8 cm³/mol.